The molecule has 0 saturated carbocycles. The molecule has 1 N–H and O–H groups in total. The molecule has 164 valence electrons. The van der Waals surface area contributed by atoms with Gasteiger partial charge in [-0.25, -0.2) is 0 Å². The molecule has 1 atom stereocenters. The molecular weight excluding hydrogens is 382 g/mol. The third kappa shape index (κ3) is 6.27. The Kier molecular flexibility index (Phi) is 7.89. The van der Waals surface area contributed by atoms with Gasteiger partial charge in [-0.1, -0.05) is 30.3 Å². The van der Waals surface area contributed by atoms with Crippen LogP contribution in [0.2, 0.25) is 0 Å². The molecule has 2 aromatic rings. The Labute approximate surface area is 186 Å². The minimum Gasteiger partial charge on any atom is -0.353 e. The number of rotatable bonds is 8. The van der Waals surface area contributed by atoms with E-state index in [1.165, 1.54) is 45.2 Å². The van der Waals surface area contributed by atoms with Gasteiger partial charge in [-0.3, -0.25) is 9.78 Å². The van der Waals surface area contributed by atoms with Gasteiger partial charge in [-0.15, -0.1) is 0 Å². The number of aryl methyl sites for hydroxylation is 1. The number of piperidine rings is 1. The van der Waals surface area contributed by atoms with Gasteiger partial charge >= 0.3 is 0 Å². The molecule has 4 nitrogen and oxygen atoms in total. The predicted molar refractivity (Wildman–Crippen MR) is 127 cm³/mol. The molecule has 0 bridgehead atoms. The van der Waals surface area contributed by atoms with Crippen molar-refractivity contribution in [2.24, 2.45) is 5.92 Å². The SMILES string of the molecule is O=C(C=Cc1cccnc1)NCCCCN1CCC(C2CCCc3ccccc32)CC1. The van der Waals surface area contributed by atoms with E-state index in [1.54, 1.807) is 35.7 Å². The number of nitrogens with one attached hydrogen (secondary N) is 1. The highest BCUT2D eigenvalue weighted by Gasteiger charge is 2.30. The van der Waals surface area contributed by atoms with Gasteiger partial charge in [-0.2, -0.15) is 0 Å². The molecule has 2 aliphatic rings. The third-order valence-electron chi connectivity index (χ3n) is 6.93. The van der Waals surface area contributed by atoms with Gasteiger partial charge in [-0.05, 0) is 105 Å². The Hall–Kier alpha value is -2.46. The van der Waals surface area contributed by atoms with Crippen LogP contribution >= 0.6 is 0 Å². The molecule has 4 rings (SSSR count). The van der Waals surface area contributed by atoms with Gasteiger partial charge in [0.25, 0.3) is 0 Å². The van der Waals surface area contributed by atoms with Gasteiger partial charge in [0.1, 0.15) is 0 Å². The summed E-state index contributed by atoms with van der Waals surface area (Å²) in [6.45, 7) is 4.34. The second kappa shape index (κ2) is 11.2. The first-order valence-electron chi connectivity index (χ1n) is 12.0. The maximum atomic E-state index is 11.9. The van der Waals surface area contributed by atoms with E-state index < -0.39 is 0 Å². The second-order valence-electron chi connectivity index (χ2n) is 8.99. The molecule has 1 saturated heterocycles. The van der Waals surface area contributed by atoms with Crippen LogP contribution in [0.4, 0.5) is 0 Å². The number of amides is 1. The zero-order valence-corrected chi connectivity index (χ0v) is 18.5. The van der Waals surface area contributed by atoms with Crippen molar-refractivity contribution in [1.29, 1.82) is 0 Å². The zero-order valence-electron chi connectivity index (χ0n) is 18.5. The lowest BCUT2D eigenvalue weighted by molar-refractivity contribution is -0.116. The van der Waals surface area contributed by atoms with Crippen molar-refractivity contribution in [3.63, 3.8) is 0 Å². The molecule has 31 heavy (non-hydrogen) atoms. The number of carbonyl (C=O) groups is 1. The van der Waals surface area contributed by atoms with Gasteiger partial charge in [0.2, 0.25) is 5.91 Å². The van der Waals surface area contributed by atoms with E-state index in [-0.39, 0.29) is 5.91 Å². The standard InChI is InChI=1S/C27H35N3O/c31-27(13-12-22-7-6-16-28-21-22)29-17-3-4-18-30-19-14-24(15-20-30)26-11-5-9-23-8-1-2-10-25(23)26/h1-2,6-8,10,12-13,16,21,24,26H,3-5,9,11,14-15,17-20H2,(H,29,31). The molecule has 1 aromatic heterocycles. The van der Waals surface area contributed by atoms with E-state index in [2.05, 4.69) is 39.5 Å². The molecule has 0 radical (unpaired) electrons. The highest BCUT2D eigenvalue weighted by atomic mass is 16.1. The Morgan fingerprint density at radius 3 is 2.81 bits per heavy atom. The lowest BCUT2D eigenvalue weighted by Crippen LogP contribution is -2.37. The monoisotopic (exact) mass is 417 g/mol. The molecule has 0 spiro atoms. The van der Waals surface area contributed by atoms with Crippen molar-refractivity contribution in [3.8, 4) is 0 Å². The summed E-state index contributed by atoms with van der Waals surface area (Å²) in [6.07, 6.45) is 15.7. The van der Waals surface area contributed by atoms with Crippen molar-refractivity contribution in [3.05, 3.63) is 71.6 Å². The van der Waals surface area contributed by atoms with E-state index in [9.17, 15) is 4.79 Å². The summed E-state index contributed by atoms with van der Waals surface area (Å²) in [4.78, 5) is 18.6. The number of hydrogen-bond acceptors (Lipinski definition) is 3. The number of aromatic nitrogens is 1. The van der Waals surface area contributed by atoms with Crippen molar-refractivity contribution in [2.45, 2.75) is 50.9 Å². The highest BCUT2D eigenvalue weighted by Crippen LogP contribution is 2.41. The molecule has 1 aromatic carbocycles. The summed E-state index contributed by atoms with van der Waals surface area (Å²) >= 11 is 0. The largest absolute Gasteiger partial charge is 0.353 e. The van der Waals surface area contributed by atoms with E-state index in [4.69, 9.17) is 0 Å². The lowest BCUT2D eigenvalue weighted by atomic mass is 9.72. The Balaban J connectivity index is 1.11. The number of fused-ring (bicyclic) bond motifs is 1. The summed E-state index contributed by atoms with van der Waals surface area (Å²) in [5.74, 6) is 1.60. The Morgan fingerprint density at radius 2 is 1.97 bits per heavy atom. The molecule has 1 fully saturated rings. The van der Waals surface area contributed by atoms with Crippen LogP contribution in [0.3, 0.4) is 0 Å². The molecule has 1 amide bonds. The fourth-order valence-electron chi connectivity index (χ4n) is 5.24. The first-order valence-corrected chi connectivity index (χ1v) is 12.0. The number of hydrogen-bond donors (Lipinski definition) is 1. The summed E-state index contributed by atoms with van der Waals surface area (Å²) in [7, 11) is 0. The summed E-state index contributed by atoms with van der Waals surface area (Å²) in [5.41, 5.74) is 4.18. The van der Waals surface area contributed by atoms with Crippen LogP contribution in [0.5, 0.6) is 0 Å². The molecule has 1 aliphatic heterocycles. The zero-order chi connectivity index (χ0) is 21.3. The van der Waals surface area contributed by atoms with Gasteiger partial charge in [0.15, 0.2) is 0 Å². The predicted octanol–water partition coefficient (Wildman–Crippen LogP) is 4.82. The van der Waals surface area contributed by atoms with Crippen LogP contribution in [0.15, 0.2) is 54.9 Å². The average molecular weight is 418 g/mol. The third-order valence-corrected chi connectivity index (χ3v) is 6.93. The van der Waals surface area contributed by atoms with Gasteiger partial charge < -0.3 is 10.2 Å². The number of nitrogens with zero attached hydrogens (tertiary/aromatic N) is 2. The quantitative estimate of drug-likeness (QED) is 0.495. The average Bonchev–Trinajstić information content (AvgIpc) is 2.83. The number of benzene rings is 1. The van der Waals surface area contributed by atoms with Crippen molar-refractivity contribution in [1.82, 2.24) is 15.2 Å². The number of pyridine rings is 1. The van der Waals surface area contributed by atoms with Crippen molar-refractivity contribution >= 4 is 12.0 Å². The van der Waals surface area contributed by atoms with E-state index >= 15 is 0 Å². The highest BCUT2D eigenvalue weighted by molar-refractivity contribution is 5.91. The maximum Gasteiger partial charge on any atom is 0.243 e. The van der Waals surface area contributed by atoms with Crippen LogP contribution in [-0.4, -0.2) is 42.0 Å². The van der Waals surface area contributed by atoms with Crippen LogP contribution in [0.1, 0.15) is 61.1 Å². The van der Waals surface area contributed by atoms with Crippen LogP contribution in [-0.2, 0) is 11.2 Å². The molecule has 1 aliphatic carbocycles. The Bertz CT molecular complexity index is 856. The normalized spacial score (nSPS) is 19.9. The van der Waals surface area contributed by atoms with Crippen LogP contribution in [0, 0.1) is 5.92 Å². The Morgan fingerprint density at radius 1 is 1.10 bits per heavy atom. The first-order chi connectivity index (χ1) is 15.3. The van der Waals surface area contributed by atoms with Crippen LogP contribution < -0.4 is 5.32 Å². The van der Waals surface area contributed by atoms with E-state index in [0.29, 0.717) is 0 Å². The summed E-state index contributed by atoms with van der Waals surface area (Å²) in [5, 5.41) is 2.99. The number of unbranched alkanes of at least 4 members (excludes halogenated alkanes) is 1. The lowest BCUT2D eigenvalue weighted by Gasteiger charge is -2.38. The van der Waals surface area contributed by atoms with E-state index in [1.807, 2.05) is 12.1 Å². The molecule has 1 unspecified atom stereocenters. The molecular formula is C27H35N3O. The molecule has 4 heteroatoms. The molecule has 2 heterocycles. The minimum atomic E-state index is -0.0302. The van der Waals surface area contributed by atoms with Gasteiger partial charge in [0.05, 0.1) is 0 Å². The number of likely N-dealkylation sites (tertiary alicyclic amines) is 1. The van der Waals surface area contributed by atoms with Crippen molar-refractivity contribution < 1.29 is 4.79 Å². The fraction of sp³-hybridized carbons (Fsp3) is 0.481. The van der Waals surface area contributed by atoms with Crippen LogP contribution in [0.25, 0.3) is 6.08 Å². The second-order valence-corrected chi connectivity index (χ2v) is 8.99. The van der Waals surface area contributed by atoms with Crippen molar-refractivity contribution in [2.75, 3.05) is 26.2 Å². The van der Waals surface area contributed by atoms with Gasteiger partial charge in [0, 0.05) is 25.0 Å². The summed E-state index contributed by atoms with van der Waals surface area (Å²) < 4.78 is 0. The van der Waals surface area contributed by atoms with E-state index in [0.717, 1.165) is 43.3 Å². The smallest absolute Gasteiger partial charge is 0.243 e. The fourth-order valence-corrected chi connectivity index (χ4v) is 5.24. The topological polar surface area (TPSA) is 45.2 Å². The maximum absolute atomic E-state index is 11.9. The first kappa shape index (κ1) is 21.8. The minimum absolute atomic E-state index is 0.0302. The summed E-state index contributed by atoms with van der Waals surface area (Å²) in [6, 6.07) is 12.9. The number of carbonyl (C=O) groups excluding carboxylic acids is 1.